The SMILES string of the molecule is O=C(Cc1cc(Cl)cc2c1OCC2)c1ccc(Cl)c(Cl)c1. The number of ether oxygens (including phenoxy) is 1. The Morgan fingerprint density at radius 2 is 1.90 bits per heavy atom. The molecule has 1 aliphatic heterocycles. The highest BCUT2D eigenvalue weighted by molar-refractivity contribution is 6.42. The van der Waals surface area contributed by atoms with E-state index in [1.807, 2.05) is 6.07 Å². The van der Waals surface area contributed by atoms with E-state index in [2.05, 4.69) is 0 Å². The summed E-state index contributed by atoms with van der Waals surface area (Å²) in [5.74, 6) is 0.737. The maximum Gasteiger partial charge on any atom is 0.167 e. The van der Waals surface area contributed by atoms with Crippen LogP contribution in [0.15, 0.2) is 30.3 Å². The Kier molecular flexibility index (Phi) is 4.12. The fraction of sp³-hybridized carbons (Fsp3) is 0.188. The standard InChI is InChI=1S/C16H11Cl3O2/c17-12-5-10-3-4-21-16(10)11(6-12)8-15(20)9-1-2-13(18)14(19)7-9/h1-2,5-7H,3-4,8H2. The van der Waals surface area contributed by atoms with Gasteiger partial charge >= 0.3 is 0 Å². The topological polar surface area (TPSA) is 26.3 Å². The molecule has 0 atom stereocenters. The Morgan fingerprint density at radius 3 is 2.67 bits per heavy atom. The Hall–Kier alpha value is -1.22. The monoisotopic (exact) mass is 340 g/mol. The molecule has 0 aromatic heterocycles. The number of benzene rings is 2. The van der Waals surface area contributed by atoms with Crippen molar-refractivity contribution in [2.75, 3.05) is 6.61 Å². The van der Waals surface area contributed by atoms with Gasteiger partial charge in [0, 0.05) is 29.0 Å². The largest absolute Gasteiger partial charge is 0.493 e. The second-order valence-corrected chi connectivity index (χ2v) is 6.13. The molecule has 1 aliphatic rings. The van der Waals surface area contributed by atoms with E-state index in [1.165, 1.54) is 0 Å². The summed E-state index contributed by atoms with van der Waals surface area (Å²) in [6.45, 7) is 0.629. The molecule has 0 N–H and O–H groups in total. The smallest absolute Gasteiger partial charge is 0.167 e. The van der Waals surface area contributed by atoms with Crippen LogP contribution in [0.25, 0.3) is 0 Å². The lowest BCUT2D eigenvalue weighted by molar-refractivity contribution is 0.0992. The predicted octanol–water partition coefficient (Wildman–Crippen LogP) is 5.01. The first-order chi connectivity index (χ1) is 10.0. The lowest BCUT2D eigenvalue weighted by atomic mass is 10.00. The van der Waals surface area contributed by atoms with Crippen molar-refractivity contribution in [3.05, 3.63) is 62.1 Å². The Morgan fingerprint density at radius 1 is 1.10 bits per heavy atom. The highest BCUT2D eigenvalue weighted by atomic mass is 35.5. The molecule has 2 aromatic carbocycles. The van der Waals surface area contributed by atoms with Gasteiger partial charge in [-0.3, -0.25) is 4.79 Å². The van der Waals surface area contributed by atoms with Crippen LogP contribution in [-0.2, 0) is 12.8 Å². The van der Waals surface area contributed by atoms with E-state index in [4.69, 9.17) is 39.5 Å². The Bertz CT molecular complexity index is 726. The van der Waals surface area contributed by atoms with Crippen molar-refractivity contribution in [2.45, 2.75) is 12.8 Å². The molecule has 21 heavy (non-hydrogen) atoms. The second-order valence-electron chi connectivity index (χ2n) is 4.88. The summed E-state index contributed by atoms with van der Waals surface area (Å²) in [5, 5.41) is 1.42. The fourth-order valence-corrected chi connectivity index (χ4v) is 2.98. The summed E-state index contributed by atoms with van der Waals surface area (Å²) in [4.78, 5) is 12.4. The number of Topliss-reactive ketones (excluding diaryl/α,β-unsaturated/α-hetero) is 1. The van der Waals surface area contributed by atoms with Crippen molar-refractivity contribution in [3.63, 3.8) is 0 Å². The van der Waals surface area contributed by atoms with Gasteiger partial charge in [0.15, 0.2) is 5.78 Å². The molecule has 0 bridgehead atoms. The summed E-state index contributed by atoms with van der Waals surface area (Å²) < 4.78 is 5.61. The zero-order valence-electron chi connectivity index (χ0n) is 11.0. The van der Waals surface area contributed by atoms with Crippen molar-refractivity contribution in [1.82, 2.24) is 0 Å². The highest BCUT2D eigenvalue weighted by Gasteiger charge is 2.20. The van der Waals surface area contributed by atoms with Gasteiger partial charge in [-0.1, -0.05) is 34.8 Å². The predicted molar refractivity (Wildman–Crippen MR) is 85.1 cm³/mol. The number of carbonyl (C=O) groups excluding carboxylic acids is 1. The quantitative estimate of drug-likeness (QED) is 0.734. The molecule has 5 heteroatoms. The maximum atomic E-state index is 12.4. The third kappa shape index (κ3) is 3.03. The van der Waals surface area contributed by atoms with Crippen molar-refractivity contribution < 1.29 is 9.53 Å². The van der Waals surface area contributed by atoms with E-state index in [1.54, 1.807) is 24.3 Å². The third-order valence-corrected chi connectivity index (χ3v) is 4.38. The number of hydrogen-bond acceptors (Lipinski definition) is 2. The van der Waals surface area contributed by atoms with E-state index in [9.17, 15) is 4.79 Å². The summed E-state index contributed by atoms with van der Waals surface area (Å²) in [6, 6.07) is 8.54. The fourth-order valence-electron chi connectivity index (χ4n) is 2.42. The molecule has 0 saturated carbocycles. The minimum atomic E-state index is -0.0477. The summed E-state index contributed by atoms with van der Waals surface area (Å²) in [5.41, 5.74) is 2.39. The van der Waals surface area contributed by atoms with Crippen molar-refractivity contribution in [3.8, 4) is 5.75 Å². The van der Waals surface area contributed by atoms with E-state index in [0.717, 1.165) is 23.3 Å². The van der Waals surface area contributed by atoms with Gasteiger partial charge in [-0.2, -0.15) is 0 Å². The summed E-state index contributed by atoms with van der Waals surface area (Å²) in [7, 11) is 0. The van der Waals surface area contributed by atoms with Crippen LogP contribution in [0.1, 0.15) is 21.5 Å². The minimum absolute atomic E-state index is 0.0477. The van der Waals surface area contributed by atoms with Crippen LogP contribution in [-0.4, -0.2) is 12.4 Å². The minimum Gasteiger partial charge on any atom is -0.493 e. The summed E-state index contributed by atoms with van der Waals surface area (Å²) in [6.07, 6.45) is 1.05. The molecule has 3 rings (SSSR count). The first kappa shape index (κ1) is 14.7. The number of rotatable bonds is 3. The molecule has 2 aromatic rings. The van der Waals surface area contributed by atoms with Gasteiger partial charge < -0.3 is 4.74 Å². The van der Waals surface area contributed by atoms with Crippen molar-refractivity contribution >= 4 is 40.6 Å². The van der Waals surface area contributed by atoms with Gasteiger partial charge in [-0.15, -0.1) is 0 Å². The molecule has 2 nitrogen and oxygen atoms in total. The lowest BCUT2D eigenvalue weighted by Crippen LogP contribution is -2.05. The molecule has 0 spiro atoms. The molecule has 0 saturated heterocycles. The molecule has 0 aliphatic carbocycles. The molecule has 108 valence electrons. The zero-order valence-corrected chi connectivity index (χ0v) is 13.2. The average Bonchev–Trinajstić information content (AvgIpc) is 2.90. The Balaban J connectivity index is 1.90. The normalized spacial score (nSPS) is 12.9. The first-order valence-electron chi connectivity index (χ1n) is 6.47. The van der Waals surface area contributed by atoms with Crippen molar-refractivity contribution in [2.24, 2.45) is 0 Å². The van der Waals surface area contributed by atoms with Gasteiger partial charge in [0.1, 0.15) is 5.75 Å². The molecule has 0 radical (unpaired) electrons. The van der Waals surface area contributed by atoms with E-state index in [-0.39, 0.29) is 12.2 Å². The molecule has 0 amide bonds. The zero-order chi connectivity index (χ0) is 15.0. The number of fused-ring (bicyclic) bond motifs is 1. The number of ketones is 1. The van der Waals surface area contributed by atoms with Crippen LogP contribution in [0.3, 0.4) is 0 Å². The van der Waals surface area contributed by atoms with E-state index in [0.29, 0.717) is 27.2 Å². The Labute approximate surface area is 137 Å². The summed E-state index contributed by atoms with van der Waals surface area (Å²) >= 11 is 17.9. The van der Waals surface area contributed by atoms with Crippen molar-refractivity contribution in [1.29, 1.82) is 0 Å². The maximum absolute atomic E-state index is 12.4. The van der Waals surface area contributed by atoms with Crippen LogP contribution in [0.5, 0.6) is 5.75 Å². The van der Waals surface area contributed by atoms with Crippen LogP contribution in [0.4, 0.5) is 0 Å². The van der Waals surface area contributed by atoms with Gasteiger partial charge in [0.25, 0.3) is 0 Å². The van der Waals surface area contributed by atoms with Gasteiger partial charge in [-0.05, 0) is 35.9 Å². The van der Waals surface area contributed by atoms with Crippen LogP contribution in [0, 0.1) is 0 Å². The van der Waals surface area contributed by atoms with Gasteiger partial charge in [0.2, 0.25) is 0 Å². The van der Waals surface area contributed by atoms with Crippen LogP contribution < -0.4 is 4.74 Å². The highest BCUT2D eigenvalue weighted by Crippen LogP contribution is 2.34. The van der Waals surface area contributed by atoms with Crippen LogP contribution in [0.2, 0.25) is 15.1 Å². The number of carbonyl (C=O) groups is 1. The van der Waals surface area contributed by atoms with E-state index < -0.39 is 0 Å². The average molecular weight is 342 g/mol. The second kappa shape index (κ2) is 5.88. The van der Waals surface area contributed by atoms with E-state index >= 15 is 0 Å². The lowest BCUT2D eigenvalue weighted by Gasteiger charge is -2.09. The third-order valence-electron chi connectivity index (χ3n) is 3.42. The van der Waals surface area contributed by atoms with Gasteiger partial charge in [0.05, 0.1) is 16.7 Å². The molecule has 1 heterocycles. The first-order valence-corrected chi connectivity index (χ1v) is 7.60. The number of hydrogen-bond donors (Lipinski definition) is 0. The van der Waals surface area contributed by atoms with Gasteiger partial charge in [-0.25, -0.2) is 0 Å². The number of halogens is 3. The molecular weight excluding hydrogens is 331 g/mol. The molecule has 0 fully saturated rings. The molecular formula is C16H11Cl3O2. The molecule has 0 unspecified atom stereocenters. The van der Waals surface area contributed by atoms with Crippen LogP contribution >= 0.6 is 34.8 Å².